The van der Waals surface area contributed by atoms with Crippen LogP contribution in [0.5, 0.6) is 5.75 Å². The molecule has 1 heterocycles. The average Bonchev–Trinajstić information content (AvgIpc) is 2.64. The third-order valence-electron chi connectivity index (χ3n) is 2.96. The van der Waals surface area contributed by atoms with Crippen molar-refractivity contribution in [1.82, 2.24) is 9.78 Å². The molecule has 1 saturated carbocycles. The highest BCUT2D eigenvalue weighted by molar-refractivity contribution is 5.70. The molecule has 0 bridgehead atoms. The van der Waals surface area contributed by atoms with Gasteiger partial charge in [0.05, 0.1) is 24.4 Å². The second kappa shape index (κ2) is 4.55. The molecule has 0 saturated heterocycles. The van der Waals surface area contributed by atoms with Crippen molar-refractivity contribution in [3.8, 4) is 5.75 Å². The first-order valence-corrected chi connectivity index (χ1v) is 5.53. The van der Waals surface area contributed by atoms with E-state index in [9.17, 15) is 4.79 Å². The molecule has 0 radical (unpaired) electrons. The molecule has 0 amide bonds. The minimum atomic E-state index is -0.709. The predicted octanol–water partition coefficient (Wildman–Crippen LogP) is 1.44. The molecule has 0 aromatic carbocycles. The fourth-order valence-electron chi connectivity index (χ4n) is 2.13. The topological polar surface area (TPSA) is 64.3 Å². The number of ether oxygens (including phenoxy) is 1. The maximum atomic E-state index is 10.9. The number of aliphatic carboxylic acids is 1. The van der Waals surface area contributed by atoms with Crippen LogP contribution in [0, 0.1) is 5.92 Å². The summed E-state index contributed by atoms with van der Waals surface area (Å²) in [4.78, 5) is 10.9. The fraction of sp³-hybridized carbons (Fsp3) is 0.636. The van der Waals surface area contributed by atoms with Gasteiger partial charge in [0.15, 0.2) is 5.75 Å². The molecular formula is C11H16N2O3. The Kier molecular flexibility index (Phi) is 3.12. The van der Waals surface area contributed by atoms with E-state index in [-0.39, 0.29) is 12.0 Å². The molecule has 1 aliphatic carbocycles. The summed E-state index contributed by atoms with van der Waals surface area (Å²) in [6, 6.07) is 0. The number of carbonyl (C=O) groups is 1. The molecular weight excluding hydrogens is 208 g/mol. The van der Waals surface area contributed by atoms with Gasteiger partial charge in [0, 0.05) is 7.05 Å². The van der Waals surface area contributed by atoms with Gasteiger partial charge in [-0.05, 0) is 25.7 Å². The van der Waals surface area contributed by atoms with Crippen LogP contribution in [0.2, 0.25) is 0 Å². The molecule has 0 aliphatic heterocycles. The lowest BCUT2D eigenvalue weighted by atomic mass is 9.87. The summed E-state index contributed by atoms with van der Waals surface area (Å²) in [5.41, 5.74) is 0. The molecule has 1 aromatic rings. The SMILES string of the molecule is Cn1cc(OC2CCCC(C(=O)O)C2)cn1. The van der Waals surface area contributed by atoms with Crippen molar-refractivity contribution >= 4 is 5.97 Å². The quantitative estimate of drug-likeness (QED) is 0.843. The zero-order valence-corrected chi connectivity index (χ0v) is 9.30. The number of aromatic nitrogens is 2. The van der Waals surface area contributed by atoms with Crippen molar-refractivity contribution in [2.24, 2.45) is 13.0 Å². The van der Waals surface area contributed by atoms with E-state index in [4.69, 9.17) is 9.84 Å². The van der Waals surface area contributed by atoms with Gasteiger partial charge in [-0.3, -0.25) is 9.48 Å². The van der Waals surface area contributed by atoms with E-state index in [0.717, 1.165) is 25.0 Å². The minimum absolute atomic E-state index is 0.0130. The third kappa shape index (κ3) is 2.53. The van der Waals surface area contributed by atoms with Crippen LogP contribution < -0.4 is 4.74 Å². The highest BCUT2D eigenvalue weighted by Gasteiger charge is 2.28. The van der Waals surface area contributed by atoms with Crippen LogP contribution in [0.3, 0.4) is 0 Å². The van der Waals surface area contributed by atoms with Crippen molar-refractivity contribution < 1.29 is 14.6 Å². The smallest absolute Gasteiger partial charge is 0.306 e. The van der Waals surface area contributed by atoms with E-state index in [1.165, 1.54) is 0 Å². The number of aryl methyl sites for hydroxylation is 1. The van der Waals surface area contributed by atoms with E-state index in [1.807, 2.05) is 7.05 Å². The van der Waals surface area contributed by atoms with Crippen LogP contribution in [-0.4, -0.2) is 27.0 Å². The van der Waals surface area contributed by atoms with Crippen LogP contribution in [0.4, 0.5) is 0 Å². The number of hydrogen-bond acceptors (Lipinski definition) is 3. The molecule has 5 nitrogen and oxygen atoms in total. The summed E-state index contributed by atoms with van der Waals surface area (Å²) in [7, 11) is 1.83. The largest absolute Gasteiger partial charge is 0.487 e. The van der Waals surface area contributed by atoms with E-state index in [0.29, 0.717) is 6.42 Å². The van der Waals surface area contributed by atoms with E-state index < -0.39 is 5.97 Å². The summed E-state index contributed by atoms with van der Waals surface area (Å²) < 4.78 is 7.38. The maximum Gasteiger partial charge on any atom is 0.306 e. The standard InChI is InChI=1S/C11H16N2O3/c1-13-7-10(6-12-13)16-9-4-2-3-8(5-9)11(14)15/h6-9H,2-5H2,1H3,(H,14,15). The van der Waals surface area contributed by atoms with Crippen LogP contribution in [-0.2, 0) is 11.8 Å². The van der Waals surface area contributed by atoms with Gasteiger partial charge in [0.1, 0.15) is 0 Å². The molecule has 2 rings (SSSR count). The Morgan fingerprint density at radius 3 is 3.06 bits per heavy atom. The number of carboxylic acids is 1. The summed E-state index contributed by atoms with van der Waals surface area (Å²) >= 11 is 0. The Bertz CT molecular complexity index is 375. The van der Waals surface area contributed by atoms with Gasteiger partial charge < -0.3 is 9.84 Å². The number of hydrogen-bond donors (Lipinski definition) is 1. The van der Waals surface area contributed by atoms with E-state index in [1.54, 1.807) is 17.1 Å². The molecule has 1 aliphatic rings. The monoisotopic (exact) mass is 224 g/mol. The molecule has 2 unspecified atom stereocenters. The Balaban J connectivity index is 1.92. The third-order valence-corrected chi connectivity index (χ3v) is 2.96. The fourth-order valence-corrected chi connectivity index (χ4v) is 2.13. The summed E-state index contributed by atoms with van der Waals surface area (Å²) in [6.07, 6.45) is 6.68. The van der Waals surface area contributed by atoms with Crippen LogP contribution in [0.15, 0.2) is 12.4 Å². The van der Waals surface area contributed by atoms with Gasteiger partial charge in [0.25, 0.3) is 0 Å². The second-order valence-electron chi connectivity index (χ2n) is 4.29. The van der Waals surface area contributed by atoms with Crippen molar-refractivity contribution in [3.63, 3.8) is 0 Å². The summed E-state index contributed by atoms with van der Waals surface area (Å²) in [5, 5.41) is 13.0. The Morgan fingerprint density at radius 2 is 2.44 bits per heavy atom. The van der Waals surface area contributed by atoms with Gasteiger partial charge in [-0.1, -0.05) is 0 Å². The van der Waals surface area contributed by atoms with Crippen LogP contribution >= 0.6 is 0 Å². The summed E-state index contributed by atoms with van der Waals surface area (Å²) in [6.45, 7) is 0. The first kappa shape index (κ1) is 11.0. The highest BCUT2D eigenvalue weighted by Crippen LogP contribution is 2.27. The number of carboxylic acid groups (broad SMARTS) is 1. The highest BCUT2D eigenvalue weighted by atomic mass is 16.5. The van der Waals surface area contributed by atoms with Crippen molar-refractivity contribution in [1.29, 1.82) is 0 Å². The van der Waals surface area contributed by atoms with Gasteiger partial charge in [-0.15, -0.1) is 0 Å². The lowest BCUT2D eigenvalue weighted by Crippen LogP contribution is -2.29. The lowest BCUT2D eigenvalue weighted by Gasteiger charge is -2.26. The maximum absolute atomic E-state index is 10.9. The lowest BCUT2D eigenvalue weighted by molar-refractivity contribution is -0.143. The van der Waals surface area contributed by atoms with Crippen molar-refractivity contribution in [2.45, 2.75) is 31.8 Å². The zero-order chi connectivity index (χ0) is 11.5. The first-order chi connectivity index (χ1) is 7.65. The normalized spacial score (nSPS) is 25.3. The number of nitrogens with zero attached hydrogens (tertiary/aromatic N) is 2. The van der Waals surface area contributed by atoms with Crippen LogP contribution in [0.25, 0.3) is 0 Å². The molecule has 0 spiro atoms. The molecule has 2 atom stereocenters. The van der Waals surface area contributed by atoms with Crippen molar-refractivity contribution in [3.05, 3.63) is 12.4 Å². The zero-order valence-electron chi connectivity index (χ0n) is 9.30. The Hall–Kier alpha value is -1.52. The molecule has 1 fully saturated rings. The van der Waals surface area contributed by atoms with Crippen molar-refractivity contribution in [2.75, 3.05) is 0 Å². The predicted molar refractivity (Wildman–Crippen MR) is 57.2 cm³/mol. The summed E-state index contributed by atoms with van der Waals surface area (Å²) in [5.74, 6) is -0.242. The molecule has 88 valence electrons. The molecule has 16 heavy (non-hydrogen) atoms. The van der Waals surface area contributed by atoms with Crippen LogP contribution in [0.1, 0.15) is 25.7 Å². The Labute approximate surface area is 94.0 Å². The van der Waals surface area contributed by atoms with E-state index >= 15 is 0 Å². The first-order valence-electron chi connectivity index (χ1n) is 5.53. The molecule has 1 N–H and O–H groups in total. The minimum Gasteiger partial charge on any atom is -0.487 e. The molecule has 1 aromatic heterocycles. The number of rotatable bonds is 3. The van der Waals surface area contributed by atoms with E-state index in [2.05, 4.69) is 5.10 Å². The van der Waals surface area contributed by atoms with Gasteiger partial charge in [0.2, 0.25) is 0 Å². The van der Waals surface area contributed by atoms with Gasteiger partial charge in [-0.25, -0.2) is 0 Å². The average molecular weight is 224 g/mol. The second-order valence-corrected chi connectivity index (χ2v) is 4.29. The molecule has 5 heteroatoms. The van der Waals surface area contributed by atoms with Gasteiger partial charge in [-0.2, -0.15) is 5.10 Å². The van der Waals surface area contributed by atoms with Gasteiger partial charge >= 0.3 is 5.97 Å². The Morgan fingerprint density at radius 1 is 1.62 bits per heavy atom.